The van der Waals surface area contributed by atoms with Crippen LogP contribution in [-0.2, 0) is 0 Å². The van der Waals surface area contributed by atoms with Gasteiger partial charge in [0.25, 0.3) is 5.78 Å². The summed E-state index contributed by atoms with van der Waals surface area (Å²) in [6.45, 7) is 1.92. The van der Waals surface area contributed by atoms with Crippen LogP contribution < -0.4 is 14.2 Å². The minimum absolute atomic E-state index is 0.456. The number of ether oxygens (including phenoxy) is 3. The van der Waals surface area contributed by atoms with Crippen molar-refractivity contribution in [1.29, 1.82) is 0 Å². The van der Waals surface area contributed by atoms with E-state index in [2.05, 4.69) is 0 Å². The van der Waals surface area contributed by atoms with Gasteiger partial charge < -0.3 is 14.2 Å². The van der Waals surface area contributed by atoms with Crippen molar-refractivity contribution in [2.24, 2.45) is 4.99 Å². The van der Waals surface area contributed by atoms with Crippen molar-refractivity contribution in [3.8, 4) is 28.5 Å². The molecule has 0 N–H and O–H groups in total. The average Bonchev–Trinajstić information content (AvgIpc) is 3.32. The summed E-state index contributed by atoms with van der Waals surface area (Å²) in [4.78, 5) is 14.4. The van der Waals surface area contributed by atoms with Gasteiger partial charge >= 0.3 is 0 Å². The number of aryl methyl sites for hydroxylation is 1. The molecule has 0 amide bonds. The van der Waals surface area contributed by atoms with Gasteiger partial charge in [-0.15, -0.1) is 0 Å². The van der Waals surface area contributed by atoms with Gasteiger partial charge in [0.1, 0.15) is 22.9 Å². The van der Waals surface area contributed by atoms with Crippen LogP contribution in [0.2, 0.25) is 0 Å². The van der Waals surface area contributed by atoms with E-state index in [1.165, 1.54) is 0 Å². The second-order valence-corrected chi connectivity index (χ2v) is 8.44. The Morgan fingerprint density at radius 1 is 0.684 bits per heavy atom. The first kappa shape index (κ1) is 24.7. The van der Waals surface area contributed by atoms with E-state index in [9.17, 15) is 0 Å². The molecule has 38 heavy (non-hydrogen) atoms. The minimum atomic E-state index is 0.456. The zero-order valence-corrected chi connectivity index (χ0v) is 21.6. The number of imidazole rings is 1. The Hall–Kier alpha value is -4.98. The van der Waals surface area contributed by atoms with E-state index < -0.39 is 0 Å². The molecule has 2 heterocycles. The van der Waals surface area contributed by atoms with E-state index >= 15 is 0 Å². The maximum Gasteiger partial charge on any atom is 0.253 e. The van der Waals surface area contributed by atoms with Gasteiger partial charge in [0.05, 0.1) is 32.7 Å². The van der Waals surface area contributed by atoms with Crippen molar-refractivity contribution in [3.63, 3.8) is 0 Å². The number of benzene rings is 3. The zero-order valence-electron chi connectivity index (χ0n) is 21.6. The Bertz CT molecular complexity index is 1600. The van der Waals surface area contributed by atoms with Crippen LogP contribution in [0.3, 0.4) is 0 Å². The molecule has 5 rings (SSSR count). The van der Waals surface area contributed by atoms with Crippen molar-refractivity contribution in [2.45, 2.75) is 6.92 Å². The van der Waals surface area contributed by atoms with Gasteiger partial charge in [0.2, 0.25) is 0 Å². The van der Waals surface area contributed by atoms with Crippen LogP contribution in [0, 0.1) is 6.92 Å². The van der Waals surface area contributed by atoms with Crippen molar-refractivity contribution < 1.29 is 14.2 Å². The fourth-order valence-corrected chi connectivity index (χ4v) is 3.88. The predicted octanol–water partition coefficient (Wildman–Crippen LogP) is 6.05. The lowest BCUT2D eigenvalue weighted by Gasteiger charge is -2.04. The third kappa shape index (κ3) is 5.24. The quantitative estimate of drug-likeness (QED) is 0.239. The number of hydrogen-bond acceptors (Lipinski definition) is 7. The van der Waals surface area contributed by atoms with Gasteiger partial charge in [-0.3, -0.25) is 0 Å². The third-order valence-corrected chi connectivity index (χ3v) is 6.02. The highest BCUT2D eigenvalue weighted by atomic mass is 16.5. The molecule has 0 saturated carbocycles. The fraction of sp³-hybridized carbons (Fsp3) is 0.133. The topological polar surface area (TPSA) is 83.1 Å². The van der Waals surface area contributed by atoms with Crippen molar-refractivity contribution in [2.75, 3.05) is 21.3 Å². The summed E-state index contributed by atoms with van der Waals surface area (Å²) >= 11 is 0. The summed E-state index contributed by atoms with van der Waals surface area (Å²) in [5.74, 6) is 3.40. The first-order chi connectivity index (χ1) is 18.6. The van der Waals surface area contributed by atoms with Crippen LogP contribution in [0.15, 0.2) is 77.8 Å². The molecule has 0 saturated heterocycles. The fourth-order valence-electron chi connectivity index (χ4n) is 3.88. The van der Waals surface area contributed by atoms with Crippen LogP contribution >= 0.6 is 0 Å². The van der Waals surface area contributed by atoms with Crippen LogP contribution in [0.4, 0.5) is 5.82 Å². The molecule has 190 valence electrons. The number of methoxy groups -OCH3 is 3. The normalized spacial score (nSPS) is 11.5. The molecule has 0 aliphatic rings. The average molecular weight is 506 g/mol. The first-order valence-electron chi connectivity index (χ1n) is 12.0. The summed E-state index contributed by atoms with van der Waals surface area (Å²) in [6.07, 6.45) is 5.71. The zero-order chi connectivity index (χ0) is 26.5. The molecule has 2 aromatic heterocycles. The highest BCUT2D eigenvalue weighted by molar-refractivity contribution is 5.85. The molecular weight excluding hydrogens is 478 g/mol. The van der Waals surface area contributed by atoms with Crippen LogP contribution in [0.25, 0.3) is 29.2 Å². The molecule has 5 aromatic rings. The monoisotopic (exact) mass is 505 g/mol. The Labute approximate surface area is 220 Å². The van der Waals surface area contributed by atoms with Crippen LogP contribution in [0.1, 0.15) is 22.5 Å². The molecule has 0 fully saturated rings. The van der Waals surface area contributed by atoms with Gasteiger partial charge in [-0.25, -0.2) is 15.0 Å². The van der Waals surface area contributed by atoms with Gasteiger partial charge in [-0.1, -0.05) is 18.2 Å². The smallest absolute Gasteiger partial charge is 0.253 e. The Kier molecular flexibility index (Phi) is 7.13. The highest BCUT2D eigenvalue weighted by Crippen LogP contribution is 2.31. The Morgan fingerprint density at radius 2 is 1.24 bits per heavy atom. The number of aromatic nitrogens is 4. The highest BCUT2D eigenvalue weighted by Gasteiger charge is 2.17. The molecule has 0 bridgehead atoms. The number of aliphatic imine (C=N–C) groups is 1. The lowest BCUT2D eigenvalue weighted by Crippen LogP contribution is -2.01. The van der Waals surface area contributed by atoms with Crippen molar-refractivity contribution in [1.82, 2.24) is 19.6 Å². The minimum Gasteiger partial charge on any atom is -0.497 e. The second-order valence-electron chi connectivity index (χ2n) is 8.44. The SMILES string of the molecule is COc1ccc(/C=C/c2nc3nc(-c4ccc(OC)cc4)c(/N=C/c4ccc(OC)cc4)n3nc2C)cc1. The summed E-state index contributed by atoms with van der Waals surface area (Å²) in [5, 5.41) is 4.80. The van der Waals surface area contributed by atoms with Crippen LogP contribution in [0.5, 0.6) is 17.2 Å². The summed E-state index contributed by atoms with van der Waals surface area (Å²) < 4.78 is 17.5. The largest absolute Gasteiger partial charge is 0.497 e. The molecular formula is C30H27N5O3. The van der Waals surface area contributed by atoms with Crippen molar-refractivity contribution >= 4 is 30.0 Å². The predicted molar refractivity (Wildman–Crippen MR) is 150 cm³/mol. The van der Waals surface area contributed by atoms with E-state index in [1.54, 1.807) is 32.1 Å². The molecule has 3 aromatic carbocycles. The molecule has 8 heteroatoms. The Balaban J connectivity index is 1.57. The lowest BCUT2D eigenvalue weighted by molar-refractivity contribution is 0.414. The maximum absolute atomic E-state index is 5.32. The summed E-state index contributed by atoms with van der Waals surface area (Å²) in [7, 11) is 4.94. The number of nitrogens with zero attached hydrogens (tertiary/aromatic N) is 5. The number of fused-ring (bicyclic) bond motifs is 1. The molecule has 0 unspecified atom stereocenters. The third-order valence-electron chi connectivity index (χ3n) is 6.02. The molecule has 8 nitrogen and oxygen atoms in total. The Morgan fingerprint density at radius 3 is 1.82 bits per heavy atom. The summed E-state index contributed by atoms with van der Waals surface area (Å²) in [5.41, 5.74) is 4.98. The molecule has 0 aliphatic carbocycles. The molecule has 0 atom stereocenters. The van der Waals surface area contributed by atoms with Gasteiger partial charge in [0.15, 0.2) is 5.82 Å². The van der Waals surface area contributed by atoms with E-state index in [4.69, 9.17) is 34.3 Å². The second kappa shape index (κ2) is 11.0. The first-order valence-corrected chi connectivity index (χ1v) is 12.0. The van der Waals surface area contributed by atoms with Gasteiger partial charge in [-0.2, -0.15) is 9.61 Å². The lowest BCUT2D eigenvalue weighted by atomic mass is 10.1. The van der Waals surface area contributed by atoms with Crippen molar-refractivity contribution in [3.05, 3.63) is 95.3 Å². The maximum atomic E-state index is 5.32. The van der Waals surface area contributed by atoms with Gasteiger partial charge in [-0.05, 0) is 84.8 Å². The van der Waals surface area contributed by atoms with E-state index in [1.807, 2.05) is 91.9 Å². The standard InChI is InChI=1S/C30H27N5O3/c1-20-27(18-9-21-5-12-24(36-2)13-6-21)32-30-33-28(23-10-16-26(38-4)17-11-23)29(35(30)34-20)31-19-22-7-14-25(37-3)15-8-22/h5-19H,1-4H3/b18-9+,31-19+. The molecule has 0 aliphatic heterocycles. The number of hydrogen-bond donors (Lipinski definition) is 0. The van der Waals surface area contributed by atoms with Gasteiger partial charge in [0, 0.05) is 11.8 Å². The number of rotatable bonds is 8. The van der Waals surface area contributed by atoms with Crippen LogP contribution in [-0.4, -0.2) is 47.1 Å². The van der Waals surface area contributed by atoms with E-state index in [-0.39, 0.29) is 0 Å². The van der Waals surface area contributed by atoms with E-state index in [0.29, 0.717) is 17.3 Å². The molecule has 0 spiro atoms. The van der Waals surface area contributed by atoms with E-state index in [0.717, 1.165) is 45.3 Å². The molecule has 0 radical (unpaired) electrons. The summed E-state index contributed by atoms with van der Waals surface area (Å²) in [6, 6.07) is 23.2.